The minimum Gasteiger partial charge on any atom is -0.355 e. The second-order valence-corrected chi connectivity index (χ2v) is 3.74. The number of pyridine rings is 1. The van der Waals surface area contributed by atoms with Crippen LogP contribution < -0.4 is 11.1 Å². The van der Waals surface area contributed by atoms with Crippen LogP contribution in [0.25, 0.3) is 0 Å². The zero-order valence-corrected chi connectivity index (χ0v) is 9.65. The maximum absolute atomic E-state index is 11.6. The van der Waals surface area contributed by atoms with Gasteiger partial charge in [-0.25, -0.2) is 0 Å². The Kier molecular flexibility index (Phi) is 5.50. The molecule has 0 saturated heterocycles. The van der Waals surface area contributed by atoms with Crippen molar-refractivity contribution < 1.29 is 4.79 Å². The van der Waals surface area contributed by atoms with E-state index in [1.807, 2.05) is 25.3 Å². The Morgan fingerprint density at radius 2 is 2.44 bits per heavy atom. The molecule has 1 atom stereocenters. The van der Waals surface area contributed by atoms with Crippen LogP contribution in [0.4, 0.5) is 0 Å². The van der Waals surface area contributed by atoms with Gasteiger partial charge in [-0.2, -0.15) is 0 Å². The van der Waals surface area contributed by atoms with Crippen LogP contribution in [-0.4, -0.2) is 24.0 Å². The van der Waals surface area contributed by atoms with Crippen LogP contribution in [0.1, 0.15) is 18.9 Å². The maximum atomic E-state index is 11.6. The molecule has 1 amide bonds. The Balaban J connectivity index is 2.28. The topological polar surface area (TPSA) is 68.0 Å². The van der Waals surface area contributed by atoms with Gasteiger partial charge in [-0.1, -0.05) is 13.0 Å². The number of carbonyl (C=O) groups excluding carboxylic acids is 1. The van der Waals surface area contributed by atoms with E-state index in [1.54, 1.807) is 6.20 Å². The summed E-state index contributed by atoms with van der Waals surface area (Å²) in [5.41, 5.74) is 6.62. The number of aromatic nitrogens is 1. The molecule has 0 aliphatic heterocycles. The Morgan fingerprint density at radius 3 is 3.00 bits per heavy atom. The monoisotopic (exact) mass is 221 g/mol. The highest BCUT2D eigenvalue weighted by atomic mass is 16.1. The Morgan fingerprint density at radius 1 is 1.62 bits per heavy atom. The predicted molar refractivity (Wildman–Crippen MR) is 63.8 cm³/mol. The van der Waals surface area contributed by atoms with Crippen molar-refractivity contribution in [3.63, 3.8) is 0 Å². The van der Waals surface area contributed by atoms with Gasteiger partial charge in [0.05, 0.1) is 0 Å². The molecule has 88 valence electrons. The van der Waals surface area contributed by atoms with Crippen LogP contribution in [0.5, 0.6) is 0 Å². The van der Waals surface area contributed by atoms with Crippen LogP contribution in [0, 0.1) is 5.92 Å². The molecule has 1 heterocycles. The molecule has 0 radical (unpaired) electrons. The van der Waals surface area contributed by atoms with Crippen molar-refractivity contribution in [1.29, 1.82) is 0 Å². The zero-order chi connectivity index (χ0) is 11.8. The second-order valence-electron chi connectivity index (χ2n) is 3.74. The summed E-state index contributed by atoms with van der Waals surface area (Å²) in [4.78, 5) is 15.6. The van der Waals surface area contributed by atoms with Crippen LogP contribution in [0.2, 0.25) is 0 Å². The van der Waals surface area contributed by atoms with E-state index < -0.39 is 0 Å². The van der Waals surface area contributed by atoms with Gasteiger partial charge in [0.25, 0.3) is 0 Å². The third-order valence-electron chi connectivity index (χ3n) is 2.58. The lowest BCUT2D eigenvalue weighted by Crippen LogP contribution is -2.35. The lowest BCUT2D eigenvalue weighted by atomic mass is 10.1. The van der Waals surface area contributed by atoms with Crippen molar-refractivity contribution in [3.05, 3.63) is 30.1 Å². The van der Waals surface area contributed by atoms with E-state index in [4.69, 9.17) is 5.73 Å². The number of hydrogen-bond donors (Lipinski definition) is 2. The number of amides is 1. The summed E-state index contributed by atoms with van der Waals surface area (Å²) in [5, 5.41) is 2.89. The molecule has 1 aromatic rings. The largest absolute Gasteiger partial charge is 0.355 e. The van der Waals surface area contributed by atoms with Crippen molar-refractivity contribution in [1.82, 2.24) is 10.3 Å². The third-order valence-corrected chi connectivity index (χ3v) is 2.58. The predicted octanol–water partition coefficient (Wildman–Crippen LogP) is 0.725. The van der Waals surface area contributed by atoms with Gasteiger partial charge < -0.3 is 11.1 Å². The first-order valence-corrected chi connectivity index (χ1v) is 5.64. The van der Waals surface area contributed by atoms with Crippen LogP contribution in [0.15, 0.2) is 24.5 Å². The Bertz CT molecular complexity index is 309. The quantitative estimate of drug-likeness (QED) is 0.744. The molecule has 4 heteroatoms. The number of nitrogens with zero attached hydrogens (tertiary/aromatic N) is 1. The van der Waals surface area contributed by atoms with Gasteiger partial charge in [0.2, 0.25) is 5.91 Å². The first-order chi connectivity index (χ1) is 7.77. The van der Waals surface area contributed by atoms with E-state index in [0.717, 1.165) is 18.4 Å². The Labute approximate surface area is 96.3 Å². The Hall–Kier alpha value is -1.42. The van der Waals surface area contributed by atoms with Gasteiger partial charge in [0.1, 0.15) is 0 Å². The van der Waals surface area contributed by atoms with Gasteiger partial charge >= 0.3 is 0 Å². The number of rotatable bonds is 6. The fraction of sp³-hybridized carbons (Fsp3) is 0.500. The van der Waals surface area contributed by atoms with Gasteiger partial charge in [0, 0.05) is 31.4 Å². The van der Waals surface area contributed by atoms with Crippen molar-refractivity contribution >= 4 is 5.91 Å². The van der Waals surface area contributed by atoms with Gasteiger partial charge in [0.15, 0.2) is 0 Å². The van der Waals surface area contributed by atoms with E-state index in [1.165, 1.54) is 0 Å². The molecule has 0 aliphatic rings. The number of nitrogens with one attached hydrogen (secondary N) is 1. The van der Waals surface area contributed by atoms with E-state index in [0.29, 0.717) is 13.1 Å². The molecular weight excluding hydrogens is 202 g/mol. The molecule has 1 aromatic heterocycles. The van der Waals surface area contributed by atoms with E-state index in [2.05, 4.69) is 10.3 Å². The molecular formula is C12H19N3O. The van der Waals surface area contributed by atoms with Gasteiger partial charge in [-0.15, -0.1) is 0 Å². The van der Waals surface area contributed by atoms with Crippen LogP contribution >= 0.6 is 0 Å². The fourth-order valence-corrected chi connectivity index (χ4v) is 1.48. The van der Waals surface area contributed by atoms with Crippen molar-refractivity contribution in [2.75, 3.05) is 13.1 Å². The fourth-order valence-electron chi connectivity index (χ4n) is 1.48. The van der Waals surface area contributed by atoms with Crippen molar-refractivity contribution in [2.24, 2.45) is 11.7 Å². The van der Waals surface area contributed by atoms with E-state index in [9.17, 15) is 4.79 Å². The summed E-state index contributed by atoms with van der Waals surface area (Å²) < 4.78 is 0. The summed E-state index contributed by atoms with van der Waals surface area (Å²) in [6.07, 6.45) is 5.14. The molecule has 16 heavy (non-hydrogen) atoms. The first kappa shape index (κ1) is 12.6. The molecule has 4 nitrogen and oxygen atoms in total. The molecule has 1 unspecified atom stereocenters. The van der Waals surface area contributed by atoms with Crippen molar-refractivity contribution in [2.45, 2.75) is 19.8 Å². The molecule has 0 saturated carbocycles. The number of carbonyl (C=O) groups is 1. The highest BCUT2D eigenvalue weighted by Gasteiger charge is 2.13. The highest BCUT2D eigenvalue weighted by Crippen LogP contribution is 2.00. The highest BCUT2D eigenvalue weighted by molar-refractivity contribution is 5.78. The molecule has 1 rings (SSSR count). The molecule has 0 aliphatic carbocycles. The van der Waals surface area contributed by atoms with Gasteiger partial charge in [-0.3, -0.25) is 9.78 Å². The minimum absolute atomic E-state index is 0.0499. The molecule has 0 aromatic carbocycles. The average Bonchev–Trinajstić information content (AvgIpc) is 2.32. The van der Waals surface area contributed by atoms with E-state index >= 15 is 0 Å². The molecule has 0 bridgehead atoms. The maximum Gasteiger partial charge on any atom is 0.224 e. The summed E-state index contributed by atoms with van der Waals surface area (Å²) in [6, 6.07) is 3.89. The third kappa shape index (κ3) is 3.98. The zero-order valence-electron chi connectivity index (χ0n) is 9.65. The van der Waals surface area contributed by atoms with Gasteiger partial charge in [-0.05, 0) is 24.5 Å². The summed E-state index contributed by atoms with van der Waals surface area (Å²) in [7, 11) is 0. The smallest absolute Gasteiger partial charge is 0.224 e. The molecule has 0 spiro atoms. The SMILES string of the molecule is CCC(CN)C(=O)NCCc1cccnc1. The number of hydrogen-bond acceptors (Lipinski definition) is 3. The lowest BCUT2D eigenvalue weighted by Gasteiger charge is -2.12. The summed E-state index contributed by atoms with van der Waals surface area (Å²) in [5.74, 6) is -0.0113. The summed E-state index contributed by atoms with van der Waals surface area (Å²) in [6.45, 7) is 3.02. The van der Waals surface area contributed by atoms with Crippen LogP contribution in [-0.2, 0) is 11.2 Å². The van der Waals surface area contributed by atoms with Crippen LogP contribution in [0.3, 0.4) is 0 Å². The van der Waals surface area contributed by atoms with Crippen molar-refractivity contribution in [3.8, 4) is 0 Å². The normalized spacial score (nSPS) is 12.1. The average molecular weight is 221 g/mol. The lowest BCUT2D eigenvalue weighted by molar-refractivity contribution is -0.124. The molecule has 0 fully saturated rings. The summed E-state index contributed by atoms with van der Waals surface area (Å²) >= 11 is 0. The number of nitrogens with two attached hydrogens (primary N) is 1. The minimum atomic E-state index is -0.0612. The standard InChI is InChI=1S/C12H19N3O/c1-2-11(8-13)12(16)15-7-5-10-4-3-6-14-9-10/h3-4,6,9,11H,2,5,7-8,13H2,1H3,(H,15,16). The second kappa shape index (κ2) is 6.95. The molecule has 3 N–H and O–H groups in total. The first-order valence-electron chi connectivity index (χ1n) is 5.64. The van der Waals surface area contributed by atoms with E-state index in [-0.39, 0.29) is 11.8 Å².